The fourth-order valence-corrected chi connectivity index (χ4v) is 4.33. The Morgan fingerprint density at radius 3 is 2.64 bits per heavy atom. The maximum Gasteiger partial charge on any atom is 0.270 e. The Kier molecular flexibility index (Phi) is 3.68. The number of amides is 1. The van der Waals surface area contributed by atoms with E-state index >= 15 is 0 Å². The van der Waals surface area contributed by atoms with Gasteiger partial charge in [0.15, 0.2) is 0 Å². The molecule has 3 heterocycles. The van der Waals surface area contributed by atoms with Crippen LogP contribution in [0.3, 0.4) is 0 Å². The Morgan fingerprint density at radius 2 is 1.91 bits per heavy atom. The average Bonchev–Trinajstić information content (AvgIpc) is 3.15. The van der Waals surface area contributed by atoms with Gasteiger partial charge < -0.3 is 10.6 Å². The van der Waals surface area contributed by atoms with Crippen molar-refractivity contribution in [2.24, 2.45) is 0 Å². The number of nitrogens with one attached hydrogen (secondary N) is 2. The van der Waals surface area contributed by atoms with Gasteiger partial charge in [0.1, 0.15) is 10.7 Å². The Morgan fingerprint density at radius 1 is 1.18 bits per heavy atom. The first kappa shape index (κ1) is 13.9. The topological polar surface area (TPSA) is 54.0 Å². The lowest BCUT2D eigenvalue weighted by Gasteiger charge is -2.29. The molecular weight excluding hydrogens is 294 g/mol. The Labute approximate surface area is 134 Å². The van der Waals surface area contributed by atoms with Crippen LogP contribution >= 0.6 is 11.3 Å². The molecule has 2 aliphatic rings. The SMILES string of the molecule is O=C(NC1CC2CCC(C1)N2)c1csc(-c2ccccc2)n1. The zero-order chi connectivity index (χ0) is 14.9. The minimum atomic E-state index is -0.0373. The van der Waals surface area contributed by atoms with E-state index in [1.54, 1.807) is 0 Å². The van der Waals surface area contributed by atoms with E-state index in [1.807, 2.05) is 35.7 Å². The van der Waals surface area contributed by atoms with Gasteiger partial charge in [-0.3, -0.25) is 4.79 Å². The summed E-state index contributed by atoms with van der Waals surface area (Å²) in [5.41, 5.74) is 1.60. The Bertz CT molecular complexity index is 658. The molecule has 0 spiro atoms. The van der Waals surface area contributed by atoms with Crippen LogP contribution in [0.25, 0.3) is 10.6 Å². The largest absolute Gasteiger partial charge is 0.348 e. The molecule has 4 rings (SSSR count). The maximum atomic E-state index is 12.4. The zero-order valence-corrected chi connectivity index (χ0v) is 13.1. The number of benzene rings is 1. The number of rotatable bonds is 3. The highest BCUT2D eigenvalue weighted by atomic mass is 32.1. The van der Waals surface area contributed by atoms with Crippen molar-refractivity contribution in [2.45, 2.75) is 43.8 Å². The first-order chi connectivity index (χ1) is 10.8. The predicted octanol–water partition coefficient (Wildman–Crippen LogP) is 2.82. The minimum absolute atomic E-state index is 0.0373. The first-order valence-electron chi connectivity index (χ1n) is 7.86. The monoisotopic (exact) mass is 313 g/mol. The maximum absolute atomic E-state index is 12.4. The van der Waals surface area contributed by atoms with Gasteiger partial charge in [0.05, 0.1) is 0 Å². The number of thiazole rings is 1. The van der Waals surface area contributed by atoms with Gasteiger partial charge in [0, 0.05) is 29.1 Å². The van der Waals surface area contributed by atoms with Crippen molar-refractivity contribution < 1.29 is 4.79 Å². The van der Waals surface area contributed by atoms with Gasteiger partial charge >= 0.3 is 0 Å². The number of nitrogens with zero attached hydrogens (tertiary/aromatic N) is 1. The second-order valence-electron chi connectivity index (χ2n) is 6.18. The summed E-state index contributed by atoms with van der Waals surface area (Å²) >= 11 is 1.52. The third kappa shape index (κ3) is 2.78. The highest BCUT2D eigenvalue weighted by Crippen LogP contribution is 2.27. The van der Waals surface area contributed by atoms with Crippen LogP contribution in [0.1, 0.15) is 36.2 Å². The number of carbonyl (C=O) groups excluding carboxylic acids is 1. The Hall–Kier alpha value is -1.72. The van der Waals surface area contributed by atoms with Crippen molar-refractivity contribution in [2.75, 3.05) is 0 Å². The van der Waals surface area contributed by atoms with Gasteiger partial charge in [-0.1, -0.05) is 30.3 Å². The molecule has 2 N–H and O–H groups in total. The Balaban J connectivity index is 1.44. The molecule has 4 nitrogen and oxygen atoms in total. The van der Waals surface area contributed by atoms with Crippen LogP contribution in [0.2, 0.25) is 0 Å². The van der Waals surface area contributed by atoms with Crippen molar-refractivity contribution in [3.05, 3.63) is 41.4 Å². The molecule has 1 amide bonds. The number of carbonyl (C=O) groups is 1. The molecule has 0 radical (unpaired) electrons. The van der Waals surface area contributed by atoms with Crippen LogP contribution < -0.4 is 10.6 Å². The van der Waals surface area contributed by atoms with E-state index in [0.29, 0.717) is 17.8 Å². The molecule has 5 heteroatoms. The third-order valence-corrected chi connectivity index (χ3v) is 5.46. The molecule has 2 aromatic rings. The molecule has 0 saturated carbocycles. The molecular formula is C17H19N3OS. The van der Waals surface area contributed by atoms with Crippen LogP contribution in [-0.2, 0) is 0 Å². The number of hydrogen-bond acceptors (Lipinski definition) is 4. The van der Waals surface area contributed by atoms with Crippen LogP contribution in [0.4, 0.5) is 0 Å². The molecule has 2 fully saturated rings. The zero-order valence-electron chi connectivity index (χ0n) is 12.3. The molecule has 22 heavy (non-hydrogen) atoms. The lowest BCUT2D eigenvalue weighted by molar-refractivity contribution is 0.0919. The number of hydrogen-bond donors (Lipinski definition) is 2. The summed E-state index contributed by atoms with van der Waals surface area (Å²) in [5.74, 6) is -0.0373. The summed E-state index contributed by atoms with van der Waals surface area (Å²) in [5, 5.41) is 9.51. The van der Waals surface area contributed by atoms with E-state index in [9.17, 15) is 4.79 Å². The lowest BCUT2D eigenvalue weighted by Crippen LogP contribution is -2.48. The van der Waals surface area contributed by atoms with Crippen molar-refractivity contribution in [3.63, 3.8) is 0 Å². The fraction of sp³-hybridized carbons (Fsp3) is 0.412. The highest BCUT2D eigenvalue weighted by molar-refractivity contribution is 7.13. The smallest absolute Gasteiger partial charge is 0.270 e. The first-order valence-corrected chi connectivity index (χ1v) is 8.74. The third-order valence-electron chi connectivity index (χ3n) is 4.57. The van der Waals surface area contributed by atoms with E-state index in [0.717, 1.165) is 23.4 Å². The standard InChI is InChI=1S/C17H19N3OS/c21-16(19-14-8-12-6-7-13(9-14)18-12)15-10-22-17(20-15)11-4-2-1-3-5-11/h1-5,10,12-14,18H,6-9H2,(H,19,21). The van der Waals surface area contributed by atoms with Gasteiger partial charge in [-0.15, -0.1) is 11.3 Å². The molecule has 2 atom stereocenters. The van der Waals surface area contributed by atoms with E-state index in [1.165, 1.54) is 24.2 Å². The highest BCUT2D eigenvalue weighted by Gasteiger charge is 2.34. The summed E-state index contributed by atoms with van der Waals surface area (Å²) in [6, 6.07) is 11.4. The lowest BCUT2D eigenvalue weighted by atomic mass is 10.00. The van der Waals surface area contributed by atoms with Crippen LogP contribution in [0.5, 0.6) is 0 Å². The van der Waals surface area contributed by atoms with Crippen LogP contribution in [0, 0.1) is 0 Å². The normalized spacial score (nSPS) is 26.8. The summed E-state index contributed by atoms with van der Waals surface area (Å²) in [7, 11) is 0. The van der Waals surface area contributed by atoms with Gasteiger partial charge in [0.25, 0.3) is 5.91 Å². The predicted molar refractivity (Wildman–Crippen MR) is 88.0 cm³/mol. The van der Waals surface area contributed by atoms with Crippen LogP contribution in [0.15, 0.2) is 35.7 Å². The van der Waals surface area contributed by atoms with E-state index < -0.39 is 0 Å². The van der Waals surface area contributed by atoms with Gasteiger partial charge in [0.2, 0.25) is 0 Å². The van der Waals surface area contributed by atoms with Gasteiger partial charge in [-0.25, -0.2) is 4.98 Å². The van der Waals surface area contributed by atoms with Crippen LogP contribution in [-0.4, -0.2) is 29.0 Å². The number of piperidine rings is 1. The molecule has 2 bridgehead atoms. The van der Waals surface area contributed by atoms with Crippen molar-refractivity contribution >= 4 is 17.2 Å². The summed E-state index contributed by atoms with van der Waals surface area (Å²) in [6.45, 7) is 0. The van der Waals surface area contributed by atoms with E-state index in [-0.39, 0.29) is 11.9 Å². The van der Waals surface area contributed by atoms with Gasteiger partial charge in [-0.2, -0.15) is 0 Å². The molecule has 1 aromatic carbocycles. The van der Waals surface area contributed by atoms with Crippen molar-refractivity contribution in [3.8, 4) is 10.6 Å². The van der Waals surface area contributed by atoms with Gasteiger partial charge in [-0.05, 0) is 25.7 Å². The van der Waals surface area contributed by atoms with Crippen molar-refractivity contribution in [1.82, 2.24) is 15.6 Å². The van der Waals surface area contributed by atoms with E-state index in [2.05, 4.69) is 15.6 Å². The fourth-order valence-electron chi connectivity index (χ4n) is 3.53. The molecule has 114 valence electrons. The minimum Gasteiger partial charge on any atom is -0.348 e. The molecule has 2 unspecified atom stereocenters. The molecule has 2 saturated heterocycles. The molecule has 1 aromatic heterocycles. The number of fused-ring (bicyclic) bond motifs is 2. The molecule has 2 aliphatic heterocycles. The average molecular weight is 313 g/mol. The van der Waals surface area contributed by atoms with E-state index in [4.69, 9.17) is 0 Å². The second kappa shape index (κ2) is 5.82. The number of aromatic nitrogens is 1. The summed E-state index contributed by atoms with van der Waals surface area (Å²) < 4.78 is 0. The summed E-state index contributed by atoms with van der Waals surface area (Å²) in [4.78, 5) is 16.9. The second-order valence-corrected chi connectivity index (χ2v) is 7.04. The van der Waals surface area contributed by atoms with Crippen molar-refractivity contribution in [1.29, 1.82) is 0 Å². The molecule has 0 aliphatic carbocycles. The quantitative estimate of drug-likeness (QED) is 0.916. The summed E-state index contributed by atoms with van der Waals surface area (Å²) in [6.07, 6.45) is 4.56.